The van der Waals surface area contributed by atoms with Crippen LogP contribution in [0.3, 0.4) is 0 Å². The van der Waals surface area contributed by atoms with Crippen molar-refractivity contribution in [3.05, 3.63) is 107 Å². The maximum atomic E-state index is 13.0. The fraction of sp³-hybridized carbons (Fsp3) is 0.130. The van der Waals surface area contributed by atoms with Crippen molar-refractivity contribution in [1.29, 1.82) is 0 Å². The monoisotopic (exact) mass is 375 g/mol. The second-order valence-electron chi connectivity index (χ2n) is 6.25. The minimum Gasteiger partial charge on any atom is -0.333 e. The summed E-state index contributed by atoms with van der Waals surface area (Å²) in [5.41, 5.74) is 3.33. The van der Waals surface area contributed by atoms with Crippen molar-refractivity contribution >= 4 is 23.5 Å². The number of rotatable bonds is 7. The molecule has 1 N–H and O–H groups in total. The van der Waals surface area contributed by atoms with Crippen molar-refractivity contribution in [1.82, 2.24) is 5.32 Å². The largest absolute Gasteiger partial charge is 0.333 e. The average molecular weight is 375 g/mol. The van der Waals surface area contributed by atoms with E-state index in [2.05, 4.69) is 5.32 Å². The molecule has 0 aliphatic heterocycles. The Balaban J connectivity index is 1.77. The van der Waals surface area contributed by atoms with Crippen LogP contribution in [0, 0.1) is 6.92 Å². The van der Waals surface area contributed by atoms with Crippen LogP contribution in [0.4, 0.5) is 0 Å². The van der Waals surface area contributed by atoms with Crippen LogP contribution in [0.2, 0.25) is 0 Å². The fourth-order valence-electron chi connectivity index (χ4n) is 2.60. The molecule has 1 atom stereocenters. The highest BCUT2D eigenvalue weighted by atomic mass is 32.2. The van der Waals surface area contributed by atoms with Gasteiger partial charge < -0.3 is 5.32 Å². The average Bonchev–Trinajstić information content (AvgIpc) is 2.72. The molecule has 0 aromatic heterocycles. The summed E-state index contributed by atoms with van der Waals surface area (Å²) in [6, 6.07) is 26.3. The number of carbonyl (C=O) groups excluding carboxylic acids is 2. The van der Waals surface area contributed by atoms with Gasteiger partial charge in [0.05, 0.1) is 0 Å². The molecule has 0 aliphatic rings. The van der Waals surface area contributed by atoms with E-state index in [1.807, 2.05) is 67.6 Å². The Kier molecular flexibility index (Phi) is 6.44. The fourth-order valence-corrected chi connectivity index (χ4v) is 3.63. The van der Waals surface area contributed by atoms with Crippen molar-refractivity contribution in [2.75, 3.05) is 0 Å². The standard InChI is InChI=1S/C23H21NO2S/c1-17-12-14-20(15-13-17)22(26)24-23(21(25)19-10-6-3-7-11-19)27-16-18-8-4-2-5-9-18/h2-15,23H,16H2,1H3,(H,24,26). The van der Waals surface area contributed by atoms with Gasteiger partial charge in [0.25, 0.3) is 5.91 Å². The van der Waals surface area contributed by atoms with Gasteiger partial charge in [-0.3, -0.25) is 9.59 Å². The maximum absolute atomic E-state index is 13.0. The summed E-state index contributed by atoms with van der Waals surface area (Å²) < 4.78 is 0. The minimum atomic E-state index is -0.651. The number of carbonyl (C=O) groups is 2. The van der Waals surface area contributed by atoms with Crippen LogP contribution < -0.4 is 5.32 Å². The second kappa shape index (κ2) is 9.19. The van der Waals surface area contributed by atoms with Crippen LogP contribution in [-0.2, 0) is 5.75 Å². The van der Waals surface area contributed by atoms with Crippen LogP contribution in [0.25, 0.3) is 0 Å². The van der Waals surface area contributed by atoms with Gasteiger partial charge in [-0.05, 0) is 24.6 Å². The molecular weight excluding hydrogens is 354 g/mol. The Bertz CT molecular complexity index is 893. The van der Waals surface area contributed by atoms with Gasteiger partial charge in [-0.2, -0.15) is 0 Å². The molecule has 0 aliphatic carbocycles. The Morgan fingerprint density at radius 1 is 0.815 bits per heavy atom. The molecule has 3 rings (SSSR count). The Morgan fingerprint density at radius 3 is 2.04 bits per heavy atom. The number of Topliss-reactive ketones (excluding diaryl/α,β-unsaturated/α-hetero) is 1. The predicted octanol–water partition coefficient (Wildman–Crippen LogP) is 4.87. The lowest BCUT2D eigenvalue weighted by Crippen LogP contribution is -2.38. The summed E-state index contributed by atoms with van der Waals surface area (Å²) in [4.78, 5) is 25.6. The summed E-state index contributed by atoms with van der Waals surface area (Å²) >= 11 is 1.42. The van der Waals surface area contributed by atoms with Gasteiger partial charge in [0, 0.05) is 16.9 Å². The van der Waals surface area contributed by atoms with Crippen LogP contribution in [0.1, 0.15) is 31.8 Å². The third-order valence-corrected chi connectivity index (χ3v) is 5.30. The van der Waals surface area contributed by atoms with Gasteiger partial charge in [0.15, 0.2) is 5.78 Å². The van der Waals surface area contributed by atoms with Gasteiger partial charge in [0.2, 0.25) is 0 Å². The van der Waals surface area contributed by atoms with Crippen molar-refractivity contribution in [3.8, 4) is 0 Å². The highest BCUT2D eigenvalue weighted by Gasteiger charge is 2.23. The number of thioether (sulfide) groups is 1. The van der Waals surface area contributed by atoms with Gasteiger partial charge in [0.1, 0.15) is 5.37 Å². The molecule has 0 fully saturated rings. The first-order valence-electron chi connectivity index (χ1n) is 8.76. The van der Waals surface area contributed by atoms with E-state index in [9.17, 15) is 9.59 Å². The molecule has 0 spiro atoms. The Labute approximate surface area is 163 Å². The van der Waals surface area contributed by atoms with E-state index in [1.165, 1.54) is 11.8 Å². The summed E-state index contributed by atoms with van der Waals surface area (Å²) in [5.74, 6) is 0.292. The van der Waals surface area contributed by atoms with Crippen molar-refractivity contribution < 1.29 is 9.59 Å². The highest BCUT2D eigenvalue weighted by Crippen LogP contribution is 2.20. The minimum absolute atomic E-state index is 0.100. The van der Waals surface area contributed by atoms with E-state index in [1.54, 1.807) is 24.3 Å². The molecule has 0 bridgehead atoms. The number of ketones is 1. The van der Waals surface area contributed by atoms with Crippen molar-refractivity contribution in [2.24, 2.45) is 0 Å². The van der Waals surface area contributed by atoms with E-state index in [0.29, 0.717) is 16.9 Å². The van der Waals surface area contributed by atoms with E-state index in [-0.39, 0.29) is 11.7 Å². The zero-order valence-electron chi connectivity index (χ0n) is 15.1. The van der Waals surface area contributed by atoms with Crippen LogP contribution in [-0.4, -0.2) is 17.1 Å². The normalized spacial score (nSPS) is 11.6. The lowest BCUT2D eigenvalue weighted by atomic mass is 10.1. The van der Waals surface area contributed by atoms with E-state index >= 15 is 0 Å². The van der Waals surface area contributed by atoms with Crippen LogP contribution in [0.15, 0.2) is 84.9 Å². The summed E-state index contributed by atoms with van der Waals surface area (Å²) in [5, 5.41) is 2.24. The third kappa shape index (κ3) is 5.31. The summed E-state index contributed by atoms with van der Waals surface area (Å²) in [6.45, 7) is 1.97. The lowest BCUT2D eigenvalue weighted by molar-refractivity contribution is 0.0892. The third-order valence-electron chi connectivity index (χ3n) is 4.13. The number of hydrogen-bond donors (Lipinski definition) is 1. The predicted molar refractivity (Wildman–Crippen MR) is 111 cm³/mol. The smallest absolute Gasteiger partial charge is 0.252 e. The quantitative estimate of drug-likeness (QED) is 0.473. The maximum Gasteiger partial charge on any atom is 0.252 e. The van der Waals surface area contributed by atoms with Gasteiger partial charge >= 0.3 is 0 Å². The number of hydrogen-bond acceptors (Lipinski definition) is 3. The first-order valence-corrected chi connectivity index (χ1v) is 9.81. The van der Waals surface area contributed by atoms with E-state index in [4.69, 9.17) is 0 Å². The van der Waals surface area contributed by atoms with Gasteiger partial charge in [-0.1, -0.05) is 78.4 Å². The molecule has 0 saturated carbocycles. The molecule has 0 saturated heterocycles. The van der Waals surface area contributed by atoms with Crippen LogP contribution in [0.5, 0.6) is 0 Å². The molecule has 27 heavy (non-hydrogen) atoms. The summed E-state index contributed by atoms with van der Waals surface area (Å²) in [7, 11) is 0. The number of amides is 1. The Hall–Kier alpha value is -2.85. The first kappa shape index (κ1) is 18.9. The number of benzene rings is 3. The second-order valence-corrected chi connectivity index (χ2v) is 7.34. The molecule has 3 nitrogen and oxygen atoms in total. The molecule has 4 heteroatoms. The molecule has 0 radical (unpaired) electrons. The number of nitrogens with one attached hydrogen (secondary N) is 1. The molecular formula is C23H21NO2S. The number of aryl methyl sites for hydroxylation is 1. The Morgan fingerprint density at radius 2 is 1.41 bits per heavy atom. The van der Waals surface area contributed by atoms with Crippen LogP contribution >= 0.6 is 11.8 Å². The molecule has 3 aromatic rings. The zero-order chi connectivity index (χ0) is 19.1. The summed E-state index contributed by atoms with van der Waals surface area (Å²) in [6.07, 6.45) is 0. The highest BCUT2D eigenvalue weighted by molar-refractivity contribution is 7.99. The molecule has 136 valence electrons. The zero-order valence-corrected chi connectivity index (χ0v) is 15.9. The molecule has 1 unspecified atom stereocenters. The van der Waals surface area contributed by atoms with Crippen molar-refractivity contribution in [3.63, 3.8) is 0 Å². The lowest BCUT2D eigenvalue weighted by Gasteiger charge is -2.18. The SMILES string of the molecule is Cc1ccc(C(=O)NC(SCc2ccccc2)C(=O)c2ccccc2)cc1. The molecule has 0 heterocycles. The van der Waals surface area contributed by atoms with Gasteiger partial charge in [-0.25, -0.2) is 0 Å². The van der Waals surface area contributed by atoms with Crippen molar-refractivity contribution in [2.45, 2.75) is 18.1 Å². The van der Waals surface area contributed by atoms with E-state index < -0.39 is 5.37 Å². The molecule has 3 aromatic carbocycles. The van der Waals surface area contributed by atoms with E-state index in [0.717, 1.165) is 11.1 Å². The topological polar surface area (TPSA) is 46.2 Å². The first-order chi connectivity index (χ1) is 13.1. The molecule has 1 amide bonds. The van der Waals surface area contributed by atoms with Gasteiger partial charge in [-0.15, -0.1) is 11.8 Å².